The van der Waals surface area contributed by atoms with Crippen LogP contribution in [-0.2, 0) is 4.65 Å². The van der Waals surface area contributed by atoms with Gasteiger partial charge in [-0.25, -0.2) is 0 Å². The van der Waals surface area contributed by atoms with Gasteiger partial charge in [-0.15, -0.1) is 0 Å². The van der Waals surface area contributed by atoms with E-state index in [-0.39, 0.29) is 16.9 Å². The van der Waals surface area contributed by atoms with E-state index >= 15 is 0 Å². The summed E-state index contributed by atoms with van der Waals surface area (Å²) in [6.07, 6.45) is 0.620. The number of halogens is 1. The Morgan fingerprint density at radius 2 is 2.21 bits per heavy atom. The number of aliphatic hydroxyl groups excluding tert-OH is 1. The van der Waals surface area contributed by atoms with Crippen molar-refractivity contribution in [2.24, 2.45) is 0 Å². The number of aliphatic hydroxyl groups is 1. The minimum atomic E-state index is -0.359. The number of carbonyl (C=O) groups excluding carboxylic acids is 1. The van der Waals surface area contributed by atoms with Gasteiger partial charge >= 0.3 is 103 Å². The molecule has 0 saturated carbocycles. The molecule has 1 rings (SSSR count). The Labute approximate surface area is 102 Å². The molecule has 14 heavy (non-hydrogen) atoms. The molecule has 4 nitrogen and oxygen atoms in total. The maximum atomic E-state index is 11.4. The van der Waals surface area contributed by atoms with Crippen molar-refractivity contribution >= 4 is 51.2 Å². The van der Waals surface area contributed by atoms with E-state index in [1.807, 2.05) is 22.4 Å². The molecule has 0 aromatic rings. The van der Waals surface area contributed by atoms with Crippen LogP contribution in [0.5, 0.6) is 0 Å². The number of rotatable bonds is 2. The van der Waals surface area contributed by atoms with Crippen molar-refractivity contribution in [3.8, 4) is 0 Å². The second-order valence-corrected chi connectivity index (χ2v) is 4.59. The fraction of sp³-hybridized carbons (Fsp3) is 0.833. The first-order valence-electron chi connectivity index (χ1n) is 4.36. The Morgan fingerprint density at radius 1 is 1.64 bits per heavy atom. The SMILES string of the molecule is O=C(OB(I)B=S)N1CCC(O)CC1. The normalized spacial score (nSPS) is 17.4. The van der Waals surface area contributed by atoms with Crippen molar-refractivity contribution in [1.82, 2.24) is 4.90 Å². The Balaban J connectivity index is 2.34. The number of nitrogens with zero attached hydrogens (tertiary/aromatic N) is 1. The third-order valence-electron chi connectivity index (χ3n) is 2.04. The summed E-state index contributed by atoms with van der Waals surface area (Å²) in [7, 11) is 0. The Bertz CT molecular complexity index is 225. The molecule has 0 unspecified atom stereocenters. The van der Waals surface area contributed by atoms with Gasteiger partial charge in [0.1, 0.15) is 0 Å². The van der Waals surface area contributed by atoms with Gasteiger partial charge in [-0.3, -0.25) is 0 Å². The molecular formula is C6H10B2INO3S. The molecule has 0 aromatic carbocycles. The van der Waals surface area contributed by atoms with Gasteiger partial charge < -0.3 is 0 Å². The average molecular weight is 325 g/mol. The van der Waals surface area contributed by atoms with E-state index < -0.39 is 0 Å². The van der Waals surface area contributed by atoms with Gasteiger partial charge in [0.15, 0.2) is 0 Å². The van der Waals surface area contributed by atoms with Crippen molar-refractivity contribution in [1.29, 1.82) is 0 Å². The van der Waals surface area contributed by atoms with E-state index in [4.69, 9.17) is 4.65 Å². The van der Waals surface area contributed by atoms with Crippen molar-refractivity contribution in [3.05, 3.63) is 0 Å². The van der Waals surface area contributed by atoms with Gasteiger partial charge in [0, 0.05) is 0 Å². The van der Waals surface area contributed by atoms with Crippen LogP contribution < -0.4 is 0 Å². The molecule has 1 aliphatic rings. The Morgan fingerprint density at radius 3 is 2.71 bits per heavy atom. The first-order chi connectivity index (χ1) is 6.63. The molecule has 1 aliphatic heterocycles. The van der Waals surface area contributed by atoms with Crippen LogP contribution in [0.1, 0.15) is 12.8 Å². The predicted molar refractivity (Wildman–Crippen MR) is 66.4 cm³/mol. The third-order valence-corrected chi connectivity index (χ3v) is 3.39. The minimum absolute atomic E-state index is 0.278. The van der Waals surface area contributed by atoms with Crippen molar-refractivity contribution in [3.63, 3.8) is 0 Å². The van der Waals surface area contributed by atoms with E-state index in [2.05, 4.69) is 12.1 Å². The number of carbonyl (C=O) groups is 1. The topological polar surface area (TPSA) is 49.8 Å². The van der Waals surface area contributed by atoms with Crippen LogP contribution in [0.3, 0.4) is 0 Å². The molecule has 1 saturated heterocycles. The van der Waals surface area contributed by atoms with E-state index in [9.17, 15) is 9.90 Å². The third kappa shape index (κ3) is 3.82. The van der Waals surface area contributed by atoms with Gasteiger partial charge in [0.25, 0.3) is 0 Å². The molecule has 1 amide bonds. The first kappa shape index (κ1) is 12.4. The van der Waals surface area contributed by atoms with Crippen molar-refractivity contribution < 1.29 is 14.6 Å². The second kappa shape index (κ2) is 6.02. The van der Waals surface area contributed by atoms with Crippen LogP contribution in [0.15, 0.2) is 0 Å². The van der Waals surface area contributed by atoms with Crippen molar-refractivity contribution in [2.75, 3.05) is 13.1 Å². The monoisotopic (exact) mass is 325 g/mol. The summed E-state index contributed by atoms with van der Waals surface area (Å²) in [4.78, 5) is 13.0. The van der Waals surface area contributed by atoms with Gasteiger partial charge in [0.2, 0.25) is 0 Å². The van der Waals surface area contributed by atoms with Crippen LogP contribution in [0, 0.1) is 0 Å². The van der Waals surface area contributed by atoms with Crippen LogP contribution in [0.2, 0.25) is 0 Å². The summed E-state index contributed by atoms with van der Waals surface area (Å²) in [5.41, 5.74) is 0. The number of hydrogen-bond acceptors (Lipinski definition) is 4. The number of likely N-dealkylation sites (tertiary alicyclic amines) is 1. The average Bonchev–Trinajstić information content (AvgIpc) is 2.18. The molecule has 0 aromatic heterocycles. The predicted octanol–water partition coefficient (Wildman–Crippen LogP) is 0.816. The zero-order chi connectivity index (χ0) is 10.6. The molecule has 1 N–H and O–H groups in total. The molecule has 0 radical (unpaired) electrons. The molecule has 0 atom stereocenters. The van der Waals surface area contributed by atoms with Gasteiger partial charge in [-0.2, -0.15) is 0 Å². The summed E-state index contributed by atoms with van der Waals surface area (Å²) in [6.45, 7) is 1.11. The zero-order valence-electron chi connectivity index (χ0n) is 7.56. The van der Waals surface area contributed by atoms with Gasteiger partial charge in [-0.05, 0) is 0 Å². The van der Waals surface area contributed by atoms with Crippen LogP contribution in [-0.4, -0.2) is 46.0 Å². The standard InChI is InChI=1S/C6H10B2INO3S/c9-8(7-14)13-6(12)10-3-1-5(11)2-4-10/h5,11H,1-4H2. The summed E-state index contributed by atoms with van der Waals surface area (Å²) in [6, 6.07) is 1.40. The van der Waals surface area contributed by atoms with Crippen LogP contribution in [0.4, 0.5) is 4.79 Å². The maximum absolute atomic E-state index is 11.4. The molecular weight excluding hydrogens is 315 g/mol. The fourth-order valence-electron chi connectivity index (χ4n) is 1.25. The first-order valence-corrected chi connectivity index (χ1v) is 6.08. The van der Waals surface area contributed by atoms with Crippen LogP contribution >= 0.6 is 34.4 Å². The summed E-state index contributed by atoms with van der Waals surface area (Å²) >= 11 is 6.59. The van der Waals surface area contributed by atoms with E-state index in [0.29, 0.717) is 25.9 Å². The van der Waals surface area contributed by atoms with Crippen molar-refractivity contribution in [2.45, 2.75) is 18.9 Å². The van der Waals surface area contributed by atoms with Crippen LogP contribution in [0.25, 0.3) is 0 Å². The quantitative estimate of drug-likeness (QED) is 0.603. The van der Waals surface area contributed by atoms with E-state index in [1.54, 1.807) is 4.90 Å². The Hall–Kier alpha value is 0.310. The zero-order valence-corrected chi connectivity index (χ0v) is 10.5. The van der Waals surface area contributed by atoms with Gasteiger partial charge in [0.05, 0.1) is 0 Å². The van der Waals surface area contributed by atoms with Gasteiger partial charge in [-0.1, -0.05) is 0 Å². The summed E-state index contributed by atoms with van der Waals surface area (Å²) < 4.78 is 4.65. The molecule has 0 aliphatic carbocycles. The Kier molecular flexibility index (Phi) is 5.32. The molecule has 1 fully saturated rings. The summed E-state index contributed by atoms with van der Waals surface area (Å²) in [5.74, 6) is 0. The van der Waals surface area contributed by atoms with E-state index in [0.717, 1.165) is 0 Å². The molecule has 0 bridgehead atoms. The molecule has 8 heteroatoms. The number of amides is 1. The number of hydrogen-bond donors (Lipinski definition) is 1. The second-order valence-electron chi connectivity index (χ2n) is 3.09. The van der Waals surface area contributed by atoms with E-state index in [1.165, 1.54) is 6.05 Å². The molecule has 76 valence electrons. The fourth-order valence-corrected chi connectivity index (χ4v) is 1.52. The molecule has 1 heterocycles. The number of piperidine rings is 1. The summed E-state index contributed by atoms with van der Waals surface area (Å²) in [5, 5.41) is 9.23. The molecule has 0 spiro atoms.